The summed E-state index contributed by atoms with van der Waals surface area (Å²) in [6, 6.07) is 5.81. The number of piperidine rings is 1. The van der Waals surface area contributed by atoms with Crippen LogP contribution < -0.4 is 10.6 Å². The molecule has 0 saturated carbocycles. The molecule has 2 N–H and O–H groups in total. The average Bonchev–Trinajstić information content (AvgIpc) is 3.18. The minimum absolute atomic E-state index is 0.162. The van der Waals surface area contributed by atoms with Crippen molar-refractivity contribution >= 4 is 11.8 Å². The van der Waals surface area contributed by atoms with Gasteiger partial charge >= 0.3 is 0 Å². The monoisotopic (exact) mass is 365 g/mol. The lowest BCUT2D eigenvalue weighted by molar-refractivity contribution is 0.333. The molecule has 8 nitrogen and oxygen atoms in total. The number of nitrogens with two attached hydrogens (primary N) is 1. The fourth-order valence-electron chi connectivity index (χ4n) is 3.33. The zero-order valence-electron chi connectivity index (χ0n) is 15.5. The summed E-state index contributed by atoms with van der Waals surface area (Å²) in [7, 11) is 0. The van der Waals surface area contributed by atoms with Crippen LogP contribution in [0, 0.1) is 0 Å². The Hall–Kier alpha value is -3.03. The van der Waals surface area contributed by atoms with Crippen molar-refractivity contribution in [1.82, 2.24) is 25.1 Å². The van der Waals surface area contributed by atoms with E-state index in [-0.39, 0.29) is 5.92 Å². The van der Waals surface area contributed by atoms with E-state index in [1.165, 1.54) is 0 Å². The van der Waals surface area contributed by atoms with Gasteiger partial charge in [-0.05, 0) is 30.9 Å². The molecule has 0 bridgehead atoms. The Morgan fingerprint density at radius 1 is 1.26 bits per heavy atom. The molecular weight excluding hydrogens is 342 g/mol. The molecule has 3 aromatic rings. The van der Waals surface area contributed by atoms with E-state index in [1.54, 1.807) is 12.4 Å². The van der Waals surface area contributed by atoms with Crippen LogP contribution in [0.1, 0.15) is 50.1 Å². The highest BCUT2D eigenvalue weighted by molar-refractivity contribution is 5.52. The van der Waals surface area contributed by atoms with Crippen LogP contribution in [0.4, 0.5) is 11.8 Å². The Bertz CT molecular complexity index is 909. The molecule has 27 heavy (non-hydrogen) atoms. The fraction of sp³-hybridized carbons (Fsp3) is 0.421. The predicted octanol–water partition coefficient (Wildman–Crippen LogP) is 3.01. The second-order valence-electron chi connectivity index (χ2n) is 7.15. The summed E-state index contributed by atoms with van der Waals surface area (Å²) in [6.07, 6.45) is 5.49. The summed E-state index contributed by atoms with van der Waals surface area (Å²) in [5, 5.41) is 4.12. The van der Waals surface area contributed by atoms with E-state index in [0.717, 1.165) is 43.0 Å². The van der Waals surface area contributed by atoms with Gasteiger partial charge in [-0.15, -0.1) is 0 Å². The van der Waals surface area contributed by atoms with Gasteiger partial charge in [0.2, 0.25) is 17.7 Å². The standard InChI is InChI=1S/C19H23N7O/c1-12(2)15-9-16(23-19(20)22-15)26-8-4-6-14(11-26)18-24-17(25-27-18)13-5-3-7-21-10-13/h3,5,7,9-10,12,14H,4,6,8,11H2,1-2H3,(H2,20,22,23). The van der Waals surface area contributed by atoms with Crippen LogP contribution >= 0.6 is 0 Å². The largest absolute Gasteiger partial charge is 0.368 e. The number of nitrogen functional groups attached to an aromatic ring is 1. The highest BCUT2D eigenvalue weighted by Gasteiger charge is 2.27. The maximum Gasteiger partial charge on any atom is 0.231 e. The smallest absolute Gasteiger partial charge is 0.231 e. The first-order valence-corrected chi connectivity index (χ1v) is 9.23. The van der Waals surface area contributed by atoms with E-state index in [4.69, 9.17) is 10.3 Å². The summed E-state index contributed by atoms with van der Waals surface area (Å²) in [5.74, 6) is 2.87. The molecule has 1 fully saturated rings. The molecule has 140 valence electrons. The third-order valence-corrected chi connectivity index (χ3v) is 4.80. The van der Waals surface area contributed by atoms with E-state index >= 15 is 0 Å². The van der Waals surface area contributed by atoms with E-state index in [9.17, 15) is 0 Å². The van der Waals surface area contributed by atoms with Gasteiger partial charge in [0.05, 0.1) is 11.6 Å². The first-order chi connectivity index (χ1) is 13.1. The zero-order chi connectivity index (χ0) is 18.8. The molecule has 0 spiro atoms. The zero-order valence-corrected chi connectivity index (χ0v) is 15.5. The number of hydrogen-bond donors (Lipinski definition) is 1. The molecule has 8 heteroatoms. The van der Waals surface area contributed by atoms with Crippen molar-refractivity contribution in [2.24, 2.45) is 0 Å². The van der Waals surface area contributed by atoms with E-state index in [1.807, 2.05) is 18.2 Å². The molecule has 3 aromatic heterocycles. The van der Waals surface area contributed by atoms with Gasteiger partial charge in [-0.2, -0.15) is 9.97 Å². The van der Waals surface area contributed by atoms with Gasteiger partial charge < -0.3 is 15.2 Å². The minimum Gasteiger partial charge on any atom is -0.368 e. The normalized spacial score (nSPS) is 17.4. The third-order valence-electron chi connectivity index (χ3n) is 4.80. The quantitative estimate of drug-likeness (QED) is 0.752. The van der Waals surface area contributed by atoms with Gasteiger partial charge in [-0.3, -0.25) is 4.98 Å². The molecular formula is C19H23N7O. The molecule has 0 aromatic carbocycles. The van der Waals surface area contributed by atoms with Crippen LogP contribution in [0.5, 0.6) is 0 Å². The van der Waals surface area contributed by atoms with Crippen LogP contribution in [0.15, 0.2) is 35.1 Å². The molecule has 4 rings (SSSR count). The average molecular weight is 365 g/mol. The molecule has 0 radical (unpaired) electrons. The Morgan fingerprint density at radius 3 is 2.93 bits per heavy atom. The van der Waals surface area contributed by atoms with Crippen molar-refractivity contribution in [1.29, 1.82) is 0 Å². The van der Waals surface area contributed by atoms with Crippen molar-refractivity contribution in [3.05, 3.63) is 42.2 Å². The second kappa shape index (κ2) is 7.30. The maximum atomic E-state index is 5.92. The summed E-state index contributed by atoms with van der Waals surface area (Å²) >= 11 is 0. The first-order valence-electron chi connectivity index (χ1n) is 9.23. The highest BCUT2D eigenvalue weighted by Crippen LogP contribution is 2.30. The van der Waals surface area contributed by atoms with Crippen molar-refractivity contribution < 1.29 is 4.52 Å². The molecule has 4 heterocycles. The Kier molecular flexibility index (Phi) is 4.70. The van der Waals surface area contributed by atoms with Gasteiger partial charge in [0.1, 0.15) is 5.82 Å². The summed E-state index contributed by atoms with van der Waals surface area (Å²) < 4.78 is 5.56. The molecule has 0 amide bonds. The topological polar surface area (TPSA) is 107 Å². The third kappa shape index (κ3) is 3.74. The lowest BCUT2D eigenvalue weighted by Crippen LogP contribution is -2.35. The van der Waals surface area contributed by atoms with E-state index in [0.29, 0.717) is 23.6 Å². The molecule has 0 aliphatic carbocycles. The summed E-state index contributed by atoms with van der Waals surface area (Å²) in [4.78, 5) is 19.7. The summed E-state index contributed by atoms with van der Waals surface area (Å²) in [6.45, 7) is 5.89. The fourth-order valence-corrected chi connectivity index (χ4v) is 3.33. The lowest BCUT2D eigenvalue weighted by Gasteiger charge is -2.32. The van der Waals surface area contributed by atoms with Crippen molar-refractivity contribution in [2.75, 3.05) is 23.7 Å². The Labute approximate surface area is 157 Å². The van der Waals surface area contributed by atoms with Crippen molar-refractivity contribution in [3.8, 4) is 11.4 Å². The highest BCUT2D eigenvalue weighted by atomic mass is 16.5. The van der Waals surface area contributed by atoms with Crippen LogP contribution in [-0.4, -0.2) is 38.2 Å². The van der Waals surface area contributed by atoms with Gasteiger partial charge in [0.15, 0.2) is 0 Å². The number of rotatable bonds is 4. The van der Waals surface area contributed by atoms with Crippen LogP contribution in [0.2, 0.25) is 0 Å². The second-order valence-corrected chi connectivity index (χ2v) is 7.15. The summed E-state index contributed by atoms with van der Waals surface area (Å²) in [5.41, 5.74) is 7.73. The van der Waals surface area contributed by atoms with Crippen molar-refractivity contribution in [3.63, 3.8) is 0 Å². The van der Waals surface area contributed by atoms with Gasteiger partial charge in [0.25, 0.3) is 0 Å². The number of aromatic nitrogens is 5. The van der Waals surface area contributed by atoms with Crippen LogP contribution in [0.3, 0.4) is 0 Å². The van der Waals surface area contributed by atoms with Crippen LogP contribution in [0.25, 0.3) is 11.4 Å². The van der Waals surface area contributed by atoms with E-state index < -0.39 is 0 Å². The SMILES string of the molecule is CC(C)c1cc(N2CCCC(c3nc(-c4cccnc4)no3)C2)nc(N)n1. The number of pyridine rings is 1. The van der Waals surface area contributed by atoms with Crippen LogP contribution in [-0.2, 0) is 0 Å². The molecule has 1 unspecified atom stereocenters. The minimum atomic E-state index is 0.162. The number of hydrogen-bond acceptors (Lipinski definition) is 8. The Balaban J connectivity index is 1.55. The molecule has 1 saturated heterocycles. The molecule has 1 atom stereocenters. The number of anilines is 2. The number of nitrogens with zero attached hydrogens (tertiary/aromatic N) is 6. The predicted molar refractivity (Wildman–Crippen MR) is 102 cm³/mol. The van der Waals surface area contributed by atoms with E-state index in [2.05, 4.69) is 43.8 Å². The van der Waals surface area contributed by atoms with Gasteiger partial charge in [0, 0.05) is 37.1 Å². The molecule has 1 aliphatic heterocycles. The Morgan fingerprint density at radius 2 is 2.15 bits per heavy atom. The van der Waals surface area contributed by atoms with Gasteiger partial charge in [-0.25, -0.2) is 4.98 Å². The lowest BCUT2D eigenvalue weighted by atomic mass is 9.98. The first kappa shape index (κ1) is 17.4. The van der Waals surface area contributed by atoms with Crippen molar-refractivity contribution in [2.45, 2.75) is 38.5 Å². The maximum absolute atomic E-state index is 5.92. The van der Waals surface area contributed by atoms with Gasteiger partial charge in [-0.1, -0.05) is 19.0 Å². The molecule has 1 aliphatic rings.